The smallest absolute Gasteiger partial charge is 0.0620 e. The van der Waals surface area contributed by atoms with Crippen molar-refractivity contribution in [3.05, 3.63) is 35.4 Å². The highest BCUT2D eigenvalue weighted by Gasteiger charge is 2.26. The van der Waals surface area contributed by atoms with Gasteiger partial charge in [-0.15, -0.1) is 0 Å². The molecule has 2 N–H and O–H groups in total. The van der Waals surface area contributed by atoms with Gasteiger partial charge in [-0.25, -0.2) is 0 Å². The Bertz CT molecular complexity index is 367. The second kappa shape index (κ2) is 5.63. The summed E-state index contributed by atoms with van der Waals surface area (Å²) in [4.78, 5) is 2.46. The van der Waals surface area contributed by atoms with Gasteiger partial charge in [0.15, 0.2) is 0 Å². The lowest BCUT2D eigenvalue weighted by atomic mass is 10.0. The molecule has 1 saturated heterocycles. The summed E-state index contributed by atoms with van der Waals surface area (Å²) in [5.74, 6) is 0. The van der Waals surface area contributed by atoms with Crippen LogP contribution in [-0.2, 0) is 4.74 Å². The van der Waals surface area contributed by atoms with Crippen LogP contribution in [0.15, 0.2) is 24.3 Å². The van der Waals surface area contributed by atoms with E-state index in [1.807, 2.05) is 0 Å². The predicted octanol–water partition coefficient (Wildman–Crippen LogP) is 1.72. The van der Waals surface area contributed by atoms with Gasteiger partial charge >= 0.3 is 0 Å². The number of morpholine rings is 1. The minimum absolute atomic E-state index is 0.314. The molecule has 0 saturated carbocycles. The molecule has 94 valence electrons. The van der Waals surface area contributed by atoms with E-state index in [1.54, 1.807) is 0 Å². The van der Waals surface area contributed by atoms with Gasteiger partial charge in [0, 0.05) is 25.2 Å². The lowest BCUT2D eigenvalue weighted by Gasteiger charge is -2.39. The third kappa shape index (κ3) is 2.86. The summed E-state index contributed by atoms with van der Waals surface area (Å²) >= 11 is 0. The topological polar surface area (TPSA) is 38.5 Å². The summed E-state index contributed by atoms with van der Waals surface area (Å²) < 4.78 is 5.48. The summed E-state index contributed by atoms with van der Waals surface area (Å²) in [5, 5.41) is 0. The van der Waals surface area contributed by atoms with Crippen LogP contribution in [0.1, 0.15) is 24.1 Å². The van der Waals surface area contributed by atoms with Gasteiger partial charge in [-0.3, -0.25) is 4.90 Å². The van der Waals surface area contributed by atoms with Crippen molar-refractivity contribution in [2.45, 2.75) is 25.9 Å². The van der Waals surface area contributed by atoms with Crippen LogP contribution in [0.4, 0.5) is 0 Å². The molecule has 0 bridgehead atoms. The van der Waals surface area contributed by atoms with Gasteiger partial charge in [0.2, 0.25) is 0 Å². The highest BCUT2D eigenvalue weighted by Crippen LogP contribution is 2.24. The van der Waals surface area contributed by atoms with E-state index in [-0.39, 0.29) is 0 Å². The third-order valence-electron chi connectivity index (χ3n) is 3.47. The first-order chi connectivity index (χ1) is 8.22. The molecule has 1 aliphatic rings. The van der Waals surface area contributed by atoms with Crippen molar-refractivity contribution in [3.63, 3.8) is 0 Å². The SMILES string of the molecule is Cc1cccc(C(CN)N2CCOCC2C)c1. The molecule has 3 heteroatoms. The van der Waals surface area contributed by atoms with Crippen LogP contribution >= 0.6 is 0 Å². The zero-order chi connectivity index (χ0) is 12.3. The van der Waals surface area contributed by atoms with Crippen molar-refractivity contribution in [1.29, 1.82) is 0 Å². The first-order valence-electron chi connectivity index (χ1n) is 6.32. The maximum atomic E-state index is 5.97. The van der Waals surface area contributed by atoms with Crippen LogP contribution < -0.4 is 5.73 Å². The molecule has 17 heavy (non-hydrogen) atoms. The molecule has 1 fully saturated rings. The summed E-state index contributed by atoms with van der Waals surface area (Å²) in [5.41, 5.74) is 8.58. The molecular weight excluding hydrogens is 212 g/mol. The van der Waals surface area contributed by atoms with E-state index in [0.717, 1.165) is 19.8 Å². The Morgan fingerprint density at radius 3 is 3.00 bits per heavy atom. The molecule has 2 unspecified atom stereocenters. The molecule has 1 aromatic carbocycles. The lowest BCUT2D eigenvalue weighted by molar-refractivity contribution is -0.0209. The second-order valence-corrected chi connectivity index (χ2v) is 4.83. The van der Waals surface area contributed by atoms with Gasteiger partial charge in [0.25, 0.3) is 0 Å². The zero-order valence-electron chi connectivity index (χ0n) is 10.7. The number of rotatable bonds is 3. The average molecular weight is 234 g/mol. The van der Waals surface area contributed by atoms with E-state index in [1.165, 1.54) is 11.1 Å². The number of benzene rings is 1. The Labute approximate surface area is 104 Å². The van der Waals surface area contributed by atoms with Crippen molar-refractivity contribution in [1.82, 2.24) is 4.90 Å². The van der Waals surface area contributed by atoms with Crippen LogP contribution in [0.2, 0.25) is 0 Å². The van der Waals surface area contributed by atoms with Crippen molar-refractivity contribution >= 4 is 0 Å². The number of aryl methyl sites for hydroxylation is 1. The largest absolute Gasteiger partial charge is 0.379 e. The van der Waals surface area contributed by atoms with E-state index in [2.05, 4.69) is 43.0 Å². The standard InChI is InChI=1S/C14H22N2O/c1-11-4-3-5-13(8-11)14(9-15)16-6-7-17-10-12(16)2/h3-5,8,12,14H,6-7,9-10,15H2,1-2H3. The van der Waals surface area contributed by atoms with Crippen LogP contribution in [0, 0.1) is 6.92 Å². The van der Waals surface area contributed by atoms with Crippen molar-refractivity contribution in [3.8, 4) is 0 Å². The summed E-state index contributed by atoms with van der Waals surface area (Å²) in [6.45, 7) is 7.58. The van der Waals surface area contributed by atoms with Crippen LogP contribution in [-0.4, -0.2) is 37.2 Å². The van der Waals surface area contributed by atoms with Gasteiger partial charge in [-0.05, 0) is 19.4 Å². The van der Waals surface area contributed by atoms with Crippen molar-refractivity contribution in [2.24, 2.45) is 5.73 Å². The van der Waals surface area contributed by atoms with Crippen LogP contribution in [0.25, 0.3) is 0 Å². The van der Waals surface area contributed by atoms with Gasteiger partial charge in [-0.1, -0.05) is 29.8 Å². The Hall–Kier alpha value is -0.900. The molecule has 0 aliphatic carbocycles. The monoisotopic (exact) mass is 234 g/mol. The molecule has 1 aliphatic heterocycles. The molecular formula is C14H22N2O. The molecule has 0 spiro atoms. The Morgan fingerprint density at radius 1 is 1.53 bits per heavy atom. The molecule has 3 nitrogen and oxygen atoms in total. The minimum atomic E-state index is 0.314. The quantitative estimate of drug-likeness (QED) is 0.865. The Balaban J connectivity index is 2.20. The van der Waals surface area contributed by atoms with E-state index in [4.69, 9.17) is 10.5 Å². The predicted molar refractivity (Wildman–Crippen MR) is 70.0 cm³/mol. The Kier molecular flexibility index (Phi) is 4.15. The molecule has 0 aromatic heterocycles. The van der Waals surface area contributed by atoms with Crippen molar-refractivity contribution in [2.75, 3.05) is 26.3 Å². The fraction of sp³-hybridized carbons (Fsp3) is 0.571. The molecule has 1 heterocycles. The number of nitrogens with zero attached hydrogens (tertiary/aromatic N) is 1. The minimum Gasteiger partial charge on any atom is -0.379 e. The normalized spacial score (nSPS) is 23.6. The van der Waals surface area contributed by atoms with Crippen molar-refractivity contribution < 1.29 is 4.74 Å². The van der Waals surface area contributed by atoms with E-state index in [0.29, 0.717) is 18.6 Å². The maximum Gasteiger partial charge on any atom is 0.0620 e. The number of nitrogens with two attached hydrogens (primary N) is 1. The highest BCUT2D eigenvalue weighted by molar-refractivity contribution is 5.25. The van der Waals surface area contributed by atoms with E-state index >= 15 is 0 Å². The van der Waals surface area contributed by atoms with Gasteiger partial charge in [0.05, 0.1) is 13.2 Å². The molecule has 2 rings (SSSR count). The zero-order valence-corrected chi connectivity index (χ0v) is 10.7. The van der Waals surface area contributed by atoms with Gasteiger partial charge in [0.1, 0.15) is 0 Å². The molecule has 0 radical (unpaired) electrons. The third-order valence-corrected chi connectivity index (χ3v) is 3.47. The second-order valence-electron chi connectivity index (χ2n) is 4.83. The maximum absolute atomic E-state index is 5.97. The average Bonchev–Trinajstić information content (AvgIpc) is 2.33. The van der Waals surface area contributed by atoms with Crippen LogP contribution in [0.5, 0.6) is 0 Å². The van der Waals surface area contributed by atoms with Crippen LogP contribution in [0.3, 0.4) is 0 Å². The lowest BCUT2D eigenvalue weighted by Crippen LogP contribution is -2.47. The fourth-order valence-electron chi connectivity index (χ4n) is 2.54. The number of hydrogen-bond donors (Lipinski definition) is 1. The fourth-order valence-corrected chi connectivity index (χ4v) is 2.54. The summed E-state index contributed by atoms with van der Waals surface area (Å²) in [7, 11) is 0. The summed E-state index contributed by atoms with van der Waals surface area (Å²) in [6, 6.07) is 9.40. The van der Waals surface area contributed by atoms with Gasteiger partial charge < -0.3 is 10.5 Å². The molecule has 0 amide bonds. The Morgan fingerprint density at radius 2 is 2.35 bits per heavy atom. The molecule has 1 aromatic rings. The van der Waals surface area contributed by atoms with Gasteiger partial charge in [-0.2, -0.15) is 0 Å². The van der Waals surface area contributed by atoms with E-state index < -0.39 is 0 Å². The van der Waals surface area contributed by atoms with E-state index in [9.17, 15) is 0 Å². The first kappa shape index (κ1) is 12.6. The number of ether oxygens (including phenoxy) is 1. The first-order valence-corrected chi connectivity index (χ1v) is 6.32. The number of hydrogen-bond acceptors (Lipinski definition) is 3. The summed E-state index contributed by atoms with van der Waals surface area (Å²) in [6.07, 6.45) is 0. The highest BCUT2D eigenvalue weighted by atomic mass is 16.5. The molecule has 2 atom stereocenters.